The third kappa shape index (κ3) is 6.43. The maximum atomic E-state index is 13.5. The molecule has 1 aliphatic heterocycles. The highest BCUT2D eigenvalue weighted by Crippen LogP contribution is 2.34. The average Bonchev–Trinajstić information content (AvgIpc) is 3.70. The van der Waals surface area contributed by atoms with Gasteiger partial charge in [0.25, 0.3) is 5.91 Å². The van der Waals surface area contributed by atoms with Gasteiger partial charge in [0.2, 0.25) is 0 Å². The van der Waals surface area contributed by atoms with Gasteiger partial charge in [-0.25, -0.2) is 4.39 Å². The standard InChI is InChI=1S/C29H31ClFN3O4/c30-24-16-21(6-11-27(24)38-23-8-9-23)28(35)26(17-34-12-1-13-34)32-29(36)25(33-37)10-3-18-2-4-20-15-22(31)7-5-19(20)14-18/h2,4-7,11,14-16,23,26,28,35,37H,1,3,8-10,12-13,17H2,(H,32,36)/b33-25+. The van der Waals surface area contributed by atoms with E-state index in [0.717, 1.165) is 48.7 Å². The molecule has 2 unspecified atom stereocenters. The smallest absolute Gasteiger partial charge is 0.269 e. The highest BCUT2D eigenvalue weighted by Gasteiger charge is 2.30. The third-order valence-corrected chi connectivity index (χ3v) is 7.41. The van der Waals surface area contributed by atoms with Gasteiger partial charge in [-0.05, 0) is 84.9 Å². The minimum Gasteiger partial charge on any atom is -0.489 e. The molecule has 1 heterocycles. The van der Waals surface area contributed by atoms with E-state index in [4.69, 9.17) is 16.3 Å². The Bertz CT molecular complexity index is 1340. The number of amides is 1. The minimum atomic E-state index is -1.02. The largest absolute Gasteiger partial charge is 0.489 e. The number of likely N-dealkylation sites (tertiary alicyclic amines) is 1. The summed E-state index contributed by atoms with van der Waals surface area (Å²) in [4.78, 5) is 15.3. The summed E-state index contributed by atoms with van der Waals surface area (Å²) in [5.41, 5.74) is 1.47. The second-order valence-electron chi connectivity index (χ2n) is 10.1. The molecule has 200 valence electrons. The Labute approximate surface area is 225 Å². The molecule has 0 bridgehead atoms. The lowest BCUT2D eigenvalue weighted by Gasteiger charge is -2.36. The van der Waals surface area contributed by atoms with Crippen molar-refractivity contribution in [3.05, 3.63) is 76.6 Å². The Morgan fingerprint density at radius 1 is 1.13 bits per heavy atom. The van der Waals surface area contributed by atoms with Crippen LogP contribution in [-0.2, 0) is 11.2 Å². The maximum Gasteiger partial charge on any atom is 0.269 e. The van der Waals surface area contributed by atoms with Crippen molar-refractivity contribution in [2.24, 2.45) is 5.16 Å². The van der Waals surface area contributed by atoms with Gasteiger partial charge in [-0.3, -0.25) is 4.79 Å². The Morgan fingerprint density at radius 2 is 1.89 bits per heavy atom. The molecule has 2 atom stereocenters. The molecule has 3 N–H and O–H groups in total. The van der Waals surface area contributed by atoms with Gasteiger partial charge >= 0.3 is 0 Å². The van der Waals surface area contributed by atoms with E-state index in [1.54, 1.807) is 24.3 Å². The number of carbonyl (C=O) groups is 1. The van der Waals surface area contributed by atoms with Crippen LogP contribution in [0.15, 0.2) is 59.8 Å². The molecule has 7 nitrogen and oxygen atoms in total. The third-order valence-electron chi connectivity index (χ3n) is 7.12. The Kier molecular flexibility index (Phi) is 8.12. The number of hydrogen-bond donors (Lipinski definition) is 3. The number of nitrogens with one attached hydrogen (secondary N) is 1. The van der Waals surface area contributed by atoms with Crippen LogP contribution in [-0.4, -0.2) is 58.6 Å². The van der Waals surface area contributed by atoms with E-state index in [0.29, 0.717) is 29.3 Å². The molecular formula is C29H31ClFN3O4. The van der Waals surface area contributed by atoms with E-state index in [-0.39, 0.29) is 24.1 Å². The van der Waals surface area contributed by atoms with Crippen molar-refractivity contribution < 1.29 is 24.2 Å². The van der Waals surface area contributed by atoms with Crippen molar-refractivity contribution in [1.82, 2.24) is 10.2 Å². The fourth-order valence-electron chi connectivity index (χ4n) is 4.61. The highest BCUT2D eigenvalue weighted by atomic mass is 35.5. The first-order chi connectivity index (χ1) is 18.4. The summed E-state index contributed by atoms with van der Waals surface area (Å²) in [6.45, 7) is 2.23. The number of hydrogen-bond acceptors (Lipinski definition) is 6. The first kappa shape index (κ1) is 26.4. The van der Waals surface area contributed by atoms with Crippen LogP contribution in [0.3, 0.4) is 0 Å². The highest BCUT2D eigenvalue weighted by molar-refractivity contribution is 6.38. The molecule has 2 fully saturated rings. The zero-order valence-electron chi connectivity index (χ0n) is 20.9. The summed E-state index contributed by atoms with van der Waals surface area (Å²) < 4.78 is 19.3. The first-order valence-electron chi connectivity index (χ1n) is 13.0. The van der Waals surface area contributed by atoms with E-state index in [1.807, 2.05) is 18.2 Å². The molecule has 0 aromatic heterocycles. The maximum absolute atomic E-state index is 13.5. The molecule has 3 aromatic rings. The normalized spacial score (nSPS) is 17.6. The summed E-state index contributed by atoms with van der Waals surface area (Å²) in [6.07, 6.45) is 2.93. The van der Waals surface area contributed by atoms with Gasteiger partial charge in [0.05, 0.1) is 17.2 Å². The number of benzene rings is 3. The first-order valence-corrected chi connectivity index (χ1v) is 13.3. The Morgan fingerprint density at radius 3 is 2.58 bits per heavy atom. The van der Waals surface area contributed by atoms with Gasteiger partial charge < -0.3 is 25.3 Å². The van der Waals surface area contributed by atoms with Crippen LogP contribution in [0.5, 0.6) is 5.75 Å². The quantitative estimate of drug-likeness (QED) is 0.184. The number of ether oxygens (including phenoxy) is 1. The van der Waals surface area contributed by atoms with Gasteiger partial charge in [0, 0.05) is 13.0 Å². The molecule has 1 aliphatic carbocycles. The number of aliphatic hydroxyl groups is 1. The van der Waals surface area contributed by atoms with Crippen molar-refractivity contribution in [3.63, 3.8) is 0 Å². The summed E-state index contributed by atoms with van der Waals surface area (Å²) >= 11 is 6.41. The molecule has 1 amide bonds. The summed E-state index contributed by atoms with van der Waals surface area (Å²) in [6, 6.07) is 14.8. The second kappa shape index (κ2) is 11.7. The zero-order chi connectivity index (χ0) is 26.6. The van der Waals surface area contributed by atoms with Gasteiger partial charge in [-0.2, -0.15) is 0 Å². The van der Waals surface area contributed by atoms with Crippen molar-refractivity contribution in [1.29, 1.82) is 0 Å². The molecule has 2 aliphatic rings. The summed E-state index contributed by atoms with van der Waals surface area (Å²) in [5, 5.41) is 29.1. The Balaban J connectivity index is 1.25. The topological polar surface area (TPSA) is 94.4 Å². The molecule has 0 radical (unpaired) electrons. The van der Waals surface area contributed by atoms with E-state index < -0.39 is 18.1 Å². The number of aryl methyl sites for hydroxylation is 1. The van der Waals surface area contributed by atoms with Crippen LogP contribution >= 0.6 is 11.6 Å². The number of carbonyl (C=O) groups excluding carboxylic acids is 1. The molecule has 3 aromatic carbocycles. The fourth-order valence-corrected chi connectivity index (χ4v) is 4.84. The molecular weight excluding hydrogens is 509 g/mol. The van der Waals surface area contributed by atoms with E-state index in [1.165, 1.54) is 12.1 Å². The van der Waals surface area contributed by atoms with Gasteiger partial charge in [-0.15, -0.1) is 0 Å². The minimum absolute atomic E-state index is 0.0313. The van der Waals surface area contributed by atoms with E-state index in [9.17, 15) is 19.5 Å². The number of oxime groups is 1. The molecule has 0 spiro atoms. The predicted molar refractivity (Wildman–Crippen MR) is 144 cm³/mol. The van der Waals surface area contributed by atoms with Crippen LogP contribution in [0.25, 0.3) is 10.8 Å². The number of aliphatic hydroxyl groups excluding tert-OH is 1. The van der Waals surface area contributed by atoms with E-state index in [2.05, 4.69) is 15.4 Å². The monoisotopic (exact) mass is 539 g/mol. The lowest BCUT2D eigenvalue weighted by molar-refractivity contribution is -0.116. The second-order valence-corrected chi connectivity index (χ2v) is 10.5. The number of fused-ring (bicyclic) bond motifs is 1. The predicted octanol–water partition coefficient (Wildman–Crippen LogP) is 4.86. The van der Waals surface area contributed by atoms with Crippen LogP contribution in [0.1, 0.15) is 42.9 Å². The van der Waals surface area contributed by atoms with Crippen LogP contribution in [0, 0.1) is 5.82 Å². The van der Waals surface area contributed by atoms with E-state index >= 15 is 0 Å². The van der Waals surface area contributed by atoms with Gasteiger partial charge in [0.1, 0.15) is 23.4 Å². The van der Waals surface area contributed by atoms with Crippen molar-refractivity contribution >= 4 is 34.0 Å². The van der Waals surface area contributed by atoms with Crippen LogP contribution < -0.4 is 10.1 Å². The fraction of sp³-hybridized carbons (Fsp3) is 0.379. The molecule has 38 heavy (non-hydrogen) atoms. The Hall–Kier alpha value is -3.20. The average molecular weight is 540 g/mol. The van der Waals surface area contributed by atoms with Gasteiger partial charge in [-0.1, -0.05) is 47.1 Å². The number of rotatable bonds is 11. The zero-order valence-corrected chi connectivity index (χ0v) is 21.7. The van der Waals surface area contributed by atoms with Crippen molar-refractivity contribution in [2.75, 3.05) is 19.6 Å². The lowest BCUT2D eigenvalue weighted by atomic mass is 9.99. The van der Waals surface area contributed by atoms with Crippen molar-refractivity contribution in [3.8, 4) is 5.75 Å². The molecule has 9 heteroatoms. The van der Waals surface area contributed by atoms with Crippen LogP contribution in [0.2, 0.25) is 5.02 Å². The van der Waals surface area contributed by atoms with Gasteiger partial charge in [0.15, 0.2) is 0 Å². The summed E-state index contributed by atoms with van der Waals surface area (Å²) in [7, 11) is 0. The SMILES string of the molecule is O=C(NC(CN1CCC1)C(O)c1ccc(OC2CC2)c(Cl)c1)/C(CCc1ccc2cc(F)ccc2c1)=N/O. The van der Waals surface area contributed by atoms with Crippen LogP contribution in [0.4, 0.5) is 4.39 Å². The van der Waals surface area contributed by atoms with Crippen molar-refractivity contribution in [2.45, 2.75) is 50.4 Å². The lowest BCUT2D eigenvalue weighted by Crippen LogP contribution is -2.52. The number of nitrogens with zero attached hydrogens (tertiary/aromatic N) is 2. The summed E-state index contributed by atoms with van der Waals surface area (Å²) in [5.74, 6) is -0.252. The molecule has 5 rings (SSSR count). The molecule has 1 saturated heterocycles. The molecule has 1 saturated carbocycles. The number of halogens is 2.